The molecule has 1 heterocycles. The Morgan fingerprint density at radius 3 is 2.51 bits per heavy atom. The summed E-state index contributed by atoms with van der Waals surface area (Å²) in [6.45, 7) is 0.354. The number of nitrogens with one attached hydrogen (secondary N) is 2. The van der Waals surface area contributed by atoms with Crippen molar-refractivity contribution >= 4 is 54.4 Å². The Hall–Kier alpha value is -3.47. The maximum atomic E-state index is 12.0. The van der Waals surface area contributed by atoms with Crippen LogP contribution in [0.3, 0.4) is 0 Å². The Bertz CT molecular complexity index is 1320. The van der Waals surface area contributed by atoms with Crippen molar-refractivity contribution in [2.75, 3.05) is 42.4 Å². The molecule has 0 bridgehead atoms. The molecule has 0 saturated carbocycles. The largest absolute Gasteiger partial charge is 1.00 e. The number of hydrogen-bond donors (Lipinski definition) is 2. The number of para-hydroxylation sites is 1. The topological polar surface area (TPSA) is 136 Å². The number of benzene rings is 2. The first kappa shape index (κ1) is 27.8. The fourth-order valence-electron chi connectivity index (χ4n) is 2.83. The minimum atomic E-state index is -3.60. The van der Waals surface area contributed by atoms with Crippen molar-refractivity contribution < 1.29 is 30.2 Å². The van der Waals surface area contributed by atoms with E-state index in [0.717, 1.165) is 11.9 Å². The van der Waals surface area contributed by atoms with Gasteiger partial charge in [0.05, 0.1) is 42.3 Å². The molecule has 0 aliphatic rings. The van der Waals surface area contributed by atoms with Crippen molar-refractivity contribution in [1.29, 1.82) is 5.26 Å². The van der Waals surface area contributed by atoms with Crippen LogP contribution >= 0.6 is 11.3 Å². The van der Waals surface area contributed by atoms with E-state index in [-0.39, 0.29) is 30.2 Å². The van der Waals surface area contributed by atoms with Gasteiger partial charge in [0.2, 0.25) is 15.2 Å². The second-order valence-electron chi connectivity index (χ2n) is 7.33. The van der Waals surface area contributed by atoms with Gasteiger partial charge in [-0.05, 0) is 34.7 Å². The van der Waals surface area contributed by atoms with Crippen LogP contribution in [0.4, 0.5) is 33.0 Å². The number of hydrogen-bond acceptors (Lipinski definition) is 10. The van der Waals surface area contributed by atoms with Gasteiger partial charge in [0.25, 0.3) is 0 Å². The summed E-state index contributed by atoms with van der Waals surface area (Å²) in [4.78, 5) is 1.83. The van der Waals surface area contributed by atoms with Crippen molar-refractivity contribution in [1.82, 2.24) is 5.10 Å². The number of aryl methyl sites for hydroxylation is 1. The van der Waals surface area contributed by atoms with Gasteiger partial charge in [0, 0.05) is 25.8 Å². The summed E-state index contributed by atoms with van der Waals surface area (Å²) in [5.74, 6) is 0.451. The highest BCUT2D eigenvalue weighted by molar-refractivity contribution is 7.92. The number of sulfonamides is 1. The van der Waals surface area contributed by atoms with Gasteiger partial charge < -0.3 is 27.4 Å². The van der Waals surface area contributed by atoms with Gasteiger partial charge in [-0.2, -0.15) is 5.26 Å². The molecule has 2 aromatic carbocycles. The lowest BCUT2D eigenvalue weighted by Gasteiger charge is -2.14. The van der Waals surface area contributed by atoms with Crippen LogP contribution in [0.2, 0.25) is 0 Å². The fraction of sp³-hybridized carbons (Fsp3) is 0.286. The zero-order valence-corrected chi connectivity index (χ0v) is 21.9. The molecule has 3 aromatic rings. The number of ether oxygens (including phenoxy) is 1. The van der Waals surface area contributed by atoms with Crippen molar-refractivity contribution in [2.24, 2.45) is 10.2 Å². The van der Waals surface area contributed by atoms with Gasteiger partial charge in [-0.3, -0.25) is 4.72 Å². The molecular weight excluding hydrogens is 512 g/mol. The standard InChI is InChI=1S/C21H24N8O3S2.ClH/c1-28(2)21-26-29(12-8-11-22)20(33-21)25-24-16-14-19(32-3)18(13-17(16)27-34(4,30)31)23-15-9-6-5-7-10-15;/h5-7,9-10,13-14H,8,12H2,1-4H3,(H,23,27);1H. The molecule has 0 saturated heterocycles. The third-order valence-corrected chi connectivity index (χ3v) is 6.03. The van der Waals surface area contributed by atoms with Gasteiger partial charge in [-0.15, -0.1) is 4.68 Å². The number of aromatic nitrogens is 2. The summed E-state index contributed by atoms with van der Waals surface area (Å²) in [6.07, 6.45) is 1.32. The number of anilines is 4. The molecule has 3 rings (SSSR count). The Labute approximate surface area is 214 Å². The van der Waals surface area contributed by atoms with Gasteiger partial charge in [0.1, 0.15) is 18.0 Å². The molecule has 11 nitrogen and oxygen atoms in total. The summed E-state index contributed by atoms with van der Waals surface area (Å²) >= 11 is 1.30. The Balaban J connectivity index is 0.00000432. The number of halogens is 1. The van der Waals surface area contributed by atoms with Gasteiger partial charge in [-0.25, -0.2) is 8.42 Å². The molecule has 0 spiro atoms. The summed E-state index contributed by atoms with van der Waals surface area (Å²) in [5.41, 5.74) is 1.84. The zero-order valence-electron chi connectivity index (χ0n) is 19.6. The van der Waals surface area contributed by atoms with Crippen molar-refractivity contribution in [3.63, 3.8) is 0 Å². The first-order valence-electron chi connectivity index (χ1n) is 10.1. The van der Waals surface area contributed by atoms with Crippen LogP contribution in [0.15, 0.2) is 52.7 Å². The lowest BCUT2D eigenvalue weighted by Crippen LogP contribution is -3.00. The highest BCUT2D eigenvalue weighted by Gasteiger charge is 2.21. The van der Waals surface area contributed by atoms with Crippen molar-refractivity contribution in [2.45, 2.75) is 13.0 Å². The molecule has 0 atom stereocenters. The molecule has 0 radical (unpaired) electrons. The van der Waals surface area contributed by atoms with E-state index in [2.05, 4.69) is 31.4 Å². The van der Waals surface area contributed by atoms with Gasteiger partial charge >= 0.3 is 5.13 Å². The average molecular weight is 537 g/mol. The van der Waals surface area contributed by atoms with E-state index in [9.17, 15) is 8.42 Å². The molecule has 2 N–H and O–H groups in total. The summed E-state index contributed by atoms with van der Waals surface area (Å²) in [5, 5.41) is 26.4. The van der Waals surface area contributed by atoms with E-state index < -0.39 is 10.0 Å². The lowest BCUT2D eigenvalue weighted by molar-refractivity contribution is -0.735. The van der Waals surface area contributed by atoms with Crippen LogP contribution in [-0.4, -0.2) is 41.0 Å². The SMILES string of the molecule is COc1cc(N=Nc2sc(N(C)C)n[n+]2CCC#N)c(NS(C)(=O)=O)cc1Nc1ccccc1.[Cl-]. The minimum Gasteiger partial charge on any atom is -1.00 e. The van der Waals surface area contributed by atoms with Crippen LogP contribution in [0, 0.1) is 11.3 Å². The van der Waals surface area contributed by atoms with E-state index in [1.54, 1.807) is 16.8 Å². The highest BCUT2D eigenvalue weighted by atomic mass is 35.5. The molecule has 0 fully saturated rings. The summed E-state index contributed by atoms with van der Waals surface area (Å²) < 4.78 is 33.6. The second-order valence-corrected chi connectivity index (χ2v) is 10.0. The van der Waals surface area contributed by atoms with Crippen LogP contribution in [0.25, 0.3) is 0 Å². The first-order chi connectivity index (χ1) is 16.2. The predicted octanol–water partition coefficient (Wildman–Crippen LogP) is 0.953. The number of nitrogens with zero attached hydrogens (tertiary/aromatic N) is 6. The quantitative estimate of drug-likeness (QED) is 0.291. The molecule has 0 aliphatic heterocycles. The average Bonchev–Trinajstić information content (AvgIpc) is 3.20. The monoisotopic (exact) mass is 536 g/mol. The third kappa shape index (κ3) is 7.78. The van der Waals surface area contributed by atoms with Crippen molar-refractivity contribution in [3.8, 4) is 11.8 Å². The zero-order chi connectivity index (χ0) is 24.7. The molecular formula is C21H25ClN8O3S2. The normalized spacial score (nSPS) is 10.9. The first-order valence-corrected chi connectivity index (χ1v) is 12.8. The van der Waals surface area contributed by atoms with Crippen molar-refractivity contribution in [3.05, 3.63) is 42.5 Å². The van der Waals surface area contributed by atoms with Crippen LogP contribution in [0.1, 0.15) is 6.42 Å². The van der Waals surface area contributed by atoms with E-state index in [0.29, 0.717) is 28.2 Å². The molecule has 35 heavy (non-hydrogen) atoms. The Morgan fingerprint density at radius 1 is 1.20 bits per heavy atom. The number of nitriles is 1. The smallest absolute Gasteiger partial charge is 0.432 e. The second kappa shape index (κ2) is 12.3. The summed E-state index contributed by atoms with van der Waals surface area (Å²) in [7, 11) is 1.62. The summed E-state index contributed by atoms with van der Waals surface area (Å²) in [6, 6.07) is 14.7. The third-order valence-electron chi connectivity index (χ3n) is 4.34. The highest BCUT2D eigenvalue weighted by Crippen LogP contribution is 2.39. The van der Waals surface area contributed by atoms with Gasteiger partial charge in [-0.1, -0.05) is 23.3 Å². The Morgan fingerprint density at radius 2 is 1.91 bits per heavy atom. The van der Waals surface area contributed by atoms with E-state index in [1.165, 1.54) is 18.4 Å². The van der Waals surface area contributed by atoms with E-state index in [4.69, 9.17) is 10.00 Å². The molecule has 186 valence electrons. The van der Waals surface area contributed by atoms with E-state index >= 15 is 0 Å². The van der Waals surface area contributed by atoms with Gasteiger partial charge in [0.15, 0.2) is 0 Å². The molecule has 0 aliphatic carbocycles. The van der Waals surface area contributed by atoms with Crippen LogP contribution in [-0.2, 0) is 16.6 Å². The molecule has 0 amide bonds. The minimum absolute atomic E-state index is 0. The number of azo groups is 1. The van der Waals surface area contributed by atoms with Crippen LogP contribution < -0.4 is 36.8 Å². The lowest BCUT2D eigenvalue weighted by atomic mass is 10.2. The molecule has 14 heteroatoms. The fourth-order valence-corrected chi connectivity index (χ4v) is 4.20. The Kier molecular flexibility index (Phi) is 9.76. The number of rotatable bonds is 10. The maximum Gasteiger partial charge on any atom is 0.432 e. The van der Waals surface area contributed by atoms with Crippen LogP contribution in [0.5, 0.6) is 5.75 Å². The predicted molar refractivity (Wildman–Crippen MR) is 132 cm³/mol. The van der Waals surface area contributed by atoms with E-state index in [1.807, 2.05) is 49.3 Å². The molecule has 1 aromatic heterocycles. The maximum absolute atomic E-state index is 12.0. The number of methoxy groups -OCH3 is 1. The molecule has 0 unspecified atom stereocenters.